The molecular weight excluding hydrogens is 484 g/mol. The number of piperidine rings is 1. The molecule has 0 aliphatic carbocycles. The number of halogens is 1. The Kier molecular flexibility index (Phi) is 6.18. The number of thiazole rings is 1. The molecule has 0 unspecified atom stereocenters. The van der Waals surface area contributed by atoms with Gasteiger partial charge in [0.15, 0.2) is 15.0 Å². The summed E-state index contributed by atoms with van der Waals surface area (Å²) in [6.45, 7) is 3.41. The molecule has 1 fully saturated rings. The van der Waals surface area contributed by atoms with Gasteiger partial charge in [-0.15, -0.1) is 11.3 Å². The summed E-state index contributed by atoms with van der Waals surface area (Å²) in [5, 5.41) is 2.59. The zero-order chi connectivity index (χ0) is 21.3. The van der Waals surface area contributed by atoms with Crippen LogP contribution in [0.4, 0.5) is 5.13 Å². The predicted molar refractivity (Wildman–Crippen MR) is 125 cm³/mol. The number of aryl methyl sites for hydroxylation is 1. The topological polar surface area (TPSA) is 59.5 Å². The number of hydrogen-bond acceptors (Lipinski definition) is 6. The van der Waals surface area contributed by atoms with Gasteiger partial charge in [-0.2, -0.15) is 0 Å². The van der Waals surface area contributed by atoms with Crippen LogP contribution in [0.1, 0.15) is 18.4 Å². The first kappa shape index (κ1) is 21.3. The molecule has 0 atom stereocenters. The largest absolute Gasteiger partial charge is 0.495 e. The zero-order valence-corrected chi connectivity index (χ0v) is 20.1. The van der Waals surface area contributed by atoms with E-state index in [1.54, 1.807) is 29.5 Å². The van der Waals surface area contributed by atoms with E-state index in [0.29, 0.717) is 31.7 Å². The molecule has 30 heavy (non-hydrogen) atoms. The van der Waals surface area contributed by atoms with E-state index in [1.165, 1.54) is 12.7 Å². The Balaban J connectivity index is 1.49. The number of aromatic nitrogens is 1. The van der Waals surface area contributed by atoms with Crippen LogP contribution in [-0.2, 0) is 9.84 Å². The quantitative estimate of drug-likeness (QED) is 0.467. The molecule has 3 aromatic rings. The summed E-state index contributed by atoms with van der Waals surface area (Å²) >= 11 is 4.98. The molecule has 1 aliphatic rings. The number of benzene rings is 2. The molecule has 2 aromatic carbocycles. The Morgan fingerprint density at radius 2 is 1.93 bits per heavy atom. The number of methoxy groups -OCH3 is 1. The van der Waals surface area contributed by atoms with Crippen molar-refractivity contribution in [2.24, 2.45) is 0 Å². The normalized spacial score (nSPS) is 15.4. The lowest BCUT2D eigenvalue weighted by Gasteiger charge is -2.31. The fraction of sp³-hybridized carbons (Fsp3) is 0.318. The van der Waals surface area contributed by atoms with Gasteiger partial charge in [-0.3, -0.25) is 0 Å². The lowest BCUT2D eigenvalue weighted by Crippen LogP contribution is -2.39. The molecule has 0 spiro atoms. The molecule has 0 saturated carbocycles. The third kappa shape index (κ3) is 4.26. The van der Waals surface area contributed by atoms with Crippen LogP contribution in [0, 0.1) is 6.92 Å². The highest BCUT2D eigenvalue weighted by Gasteiger charge is 2.34. The molecule has 4 rings (SSSR count). The van der Waals surface area contributed by atoms with Gasteiger partial charge < -0.3 is 9.64 Å². The minimum atomic E-state index is -3.47. The van der Waals surface area contributed by atoms with Crippen molar-refractivity contribution < 1.29 is 13.2 Å². The van der Waals surface area contributed by atoms with Gasteiger partial charge in [-0.05, 0) is 44.0 Å². The Bertz CT molecular complexity index is 1150. The van der Waals surface area contributed by atoms with Gasteiger partial charge in [0.2, 0.25) is 0 Å². The van der Waals surface area contributed by atoms with E-state index in [4.69, 9.17) is 9.72 Å². The number of anilines is 1. The monoisotopic (exact) mass is 506 g/mol. The SMILES string of the molecule is COc1ccc(Br)cc1S(=O)(=O)C1CCN(c2nc(-c3cccc(C)c3)cs2)CC1. The van der Waals surface area contributed by atoms with Gasteiger partial charge in [0.1, 0.15) is 10.6 Å². The van der Waals surface area contributed by atoms with Gasteiger partial charge in [0, 0.05) is 28.5 Å². The predicted octanol–water partition coefficient (Wildman–Crippen LogP) is 5.33. The van der Waals surface area contributed by atoms with Crippen molar-refractivity contribution in [3.63, 3.8) is 0 Å². The highest BCUT2D eigenvalue weighted by Crippen LogP contribution is 2.35. The van der Waals surface area contributed by atoms with Crippen LogP contribution in [-0.4, -0.2) is 38.9 Å². The molecular formula is C22H23BrN2O3S2. The van der Waals surface area contributed by atoms with Gasteiger partial charge in [-0.1, -0.05) is 39.7 Å². The molecule has 1 saturated heterocycles. The highest BCUT2D eigenvalue weighted by molar-refractivity contribution is 9.10. The van der Waals surface area contributed by atoms with Gasteiger partial charge in [-0.25, -0.2) is 13.4 Å². The van der Waals surface area contributed by atoms with Crippen molar-refractivity contribution in [1.29, 1.82) is 0 Å². The van der Waals surface area contributed by atoms with Crippen molar-refractivity contribution in [1.82, 2.24) is 4.98 Å². The van der Waals surface area contributed by atoms with E-state index in [-0.39, 0.29) is 4.90 Å². The van der Waals surface area contributed by atoms with Crippen LogP contribution in [0.3, 0.4) is 0 Å². The summed E-state index contributed by atoms with van der Waals surface area (Å²) < 4.78 is 32.5. The molecule has 5 nitrogen and oxygen atoms in total. The molecule has 1 aliphatic heterocycles. The van der Waals surface area contributed by atoms with Crippen LogP contribution >= 0.6 is 27.3 Å². The second-order valence-electron chi connectivity index (χ2n) is 7.41. The highest BCUT2D eigenvalue weighted by atomic mass is 79.9. The van der Waals surface area contributed by atoms with E-state index in [2.05, 4.69) is 51.3 Å². The standard InChI is InChI=1S/C22H23BrN2O3S2/c1-15-4-3-5-16(12-15)19-14-29-22(24-19)25-10-8-18(9-11-25)30(26,27)21-13-17(23)6-7-20(21)28-2/h3-7,12-14,18H,8-11H2,1-2H3. The number of nitrogens with zero attached hydrogens (tertiary/aromatic N) is 2. The molecule has 8 heteroatoms. The van der Waals surface area contributed by atoms with Crippen molar-refractivity contribution in [2.45, 2.75) is 29.9 Å². The van der Waals surface area contributed by atoms with Crippen LogP contribution in [0.5, 0.6) is 5.75 Å². The molecule has 1 aromatic heterocycles. The Labute approximate surface area is 189 Å². The summed E-state index contributed by atoms with van der Waals surface area (Å²) in [7, 11) is -1.97. The van der Waals surface area contributed by atoms with Crippen molar-refractivity contribution in [2.75, 3.05) is 25.1 Å². The van der Waals surface area contributed by atoms with E-state index in [1.807, 2.05) is 6.07 Å². The smallest absolute Gasteiger partial charge is 0.185 e. The molecule has 0 amide bonds. The number of rotatable bonds is 5. The summed E-state index contributed by atoms with van der Waals surface area (Å²) in [6.07, 6.45) is 1.13. The molecule has 0 bridgehead atoms. The van der Waals surface area contributed by atoms with Gasteiger partial charge in [0.25, 0.3) is 0 Å². The van der Waals surface area contributed by atoms with Crippen molar-refractivity contribution >= 4 is 42.2 Å². The first-order valence-electron chi connectivity index (χ1n) is 9.73. The van der Waals surface area contributed by atoms with E-state index in [9.17, 15) is 8.42 Å². The minimum absolute atomic E-state index is 0.258. The number of hydrogen-bond donors (Lipinski definition) is 0. The fourth-order valence-corrected chi connectivity index (χ4v) is 7.07. The molecule has 0 N–H and O–H groups in total. The third-order valence-corrected chi connectivity index (χ3v) is 9.07. The maximum Gasteiger partial charge on any atom is 0.185 e. The Morgan fingerprint density at radius 1 is 1.17 bits per heavy atom. The van der Waals surface area contributed by atoms with Gasteiger partial charge in [0.05, 0.1) is 18.1 Å². The van der Waals surface area contributed by atoms with Crippen LogP contribution in [0.25, 0.3) is 11.3 Å². The summed E-state index contributed by atoms with van der Waals surface area (Å²) in [4.78, 5) is 7.25. The maximum absolute atomic E-state index is 13.3. The van der Waals surface area contributed by atoms with E-state index in [0.717, 1.165) is 20.9 Å². The van der Waals surface area contributed by atoms with E-state index >= 15 is 0 Å². The summed E-state index contributed by atoms with van der Waals surface area (Å²) in [6, 6.07) is 13.4. The second kappa shape index (κ2) is 8.69. The number of sulfone groups is 1. The fourth-order valence-electron chi connectivity index (χ4n) is 3.76. The average molecular weight is 507 g/mol. The molecule has 158 valence electrons. The van der Waals surface area contributed by atoms with Crippen LogP contribution in [0.15, 0.2) is 57.2 Å². The second-order valence-corrected chi connectivity index (χ2v) is 11.4. The maximum atomic E-state index is 13.3. The molecule has 0 radical (unpaired) electrons. The number of ether oxygens (including phenoxy) is 1. The molecule has 2 heterocycles. The van der Waals surface area contributed by atoms with E-state index < -0.39 is 15.1 Å². The van der Waals surface area contributed by atoms with Crippen LogP contribution < -0.4 is 9.64 Å². The first-order chi connectivity index (χ1) is 14.4. The Morgan fingerprint density at radius 3 is 2.63 bits per heavy atom. The zero-order valence-electron chi connectivity index (χ0n) is 16.8. The minimum Gasteiger partial charge on any atom is -0.495 e. The van der Waals surface area contributed by atoms with Crippen molar-refractivity contribution in [3.05, 3.63) is 57.9 Å². The third-order valence-electron chi connectivity index (χ3n) is 5.39. The first-order valence-corrected chi connectivity index (χ1v) is 13.0. The summed E-state index contributed by atoms with van der Waals surface area (Å²) in [5.41, 5.74) is 3.28. The van der Waals surface area contributed by atoms with Crippen LogP contribution in [0.2, 0.25) is 0 Å². The lowest BCUT2D eigenvalue weighted by molar-refractivity contribution is 0.401. The Hall–Kier alpha value is -1.90. The van der Waals surface area contributed by atoms with Crippen molar-refractivity contribution in [3.8, 4) is 17.0 Å². The average Bonchev–Trinajstić information content (AvgIpc) is 3.24. The lowest BCUT2D eigenvalue weighted by atomic mass is 10.1. The summed E-state index contributed by atoms with van der Waals surface area (Å²) in [5.74, 6) is 0.392. The van der Waals surface area contributed by atoms with Gasteiger partial charge >= 0.3 is 0 Å².